The lowest BCUT2D eigenvalue weighted by atomic mass is 10.1. The van der Waals surface area contributed by atoms with Crippen molar-refractivity contribution in [3.8, 4) is 0 Å². The summed E-state index contributed by atoms with van der Waals surface area (Å²) in [5.41, 5.74) is 1.42. The normalized spacial score (nSPS) is 17.2. The summed E-state index contributed by atoms with van der Waals surface area (Å²) in [5, 5.41) is 6.89. The number of guanidine groups is 1. The van der Waals surface area contributed by atoms with Crippen LogP contribution in [-0.2, 0) is 6.54 Å². The molecule has 1 fully saturated rings. The molecule has 2 N–H and O–H groups in total. The molecule has 28 heavy (non-hydrogen) atoms. The van der Waals surface area contributed by atoms with Crippen LogP contribution in [-0.4, -0.2) is 68.1 Å². The number of rotatable bonds is 9. The molecule has 1 saturated heterocycles. The summed E-state index contributed by atoms with van der Waals surface area (Å²) < 4.78 is 0. The predicted octanol–water partition coefficient (Wildman–Crippen LogP) is 3.41. The van der Waals surface area contributed by atoms with E-state index in [0.29, 0.717) is 12.0 Å². The first-order valence-electron chi connectivity index (χ1n) is 10.5. The number of halogens is 1. The fraction of sp³-hybridized carbons (Fsp3) is 0.682. The van der Waals surface area contributed by atoms with E-state index in [4.69, 9.17) is 0 Å². The van der Waals surface area contributed by atoms with Gasteiger partial charge in [0.2, 0.25) is 0 Å². The lowest BCUT2D eigenvalue weighted by molar-refractivity contribution is 0.126. The summed E-state index contributed by atoms with van der Waals surface area (Å²) in [4.78, 5) is 9.49. The lowest BCUT2D eigenvalue weighted by Gasteiger charge is -2.34. The highest BCUT2D eigenvalue weighted by Gasteiger charge is 2.16. The van der Waals surface area contributed by atoms with Crippen molar-refractivity contribution in [2.75, 3.05) is 46.3 Å². The molecule has 0 amide bonds. The zero-order valence-electron chi connectivity index (χ0n) is 18.2. The second kappa shape index (κ2) is 14.2. The predicted molar refractivity (Wildman–Crippen MR) is 132 cm³/mol. The van der Waals surface area contributed by atoms with E-state index in [1.54, 1.807) is 0 Å². The third-order valence-electron chi connectivity index (χ3n) is 5.50. The number of hydrogen-bond donors (Lipinski definition) is 2. The SMILES string of the molecule is CN=C(NCCCCN1CCN(Cc2ccccc2)CC1)NC(C)C(C)C.I. The first kappa shape index (κ1) is 25.2. The highest BCUT2D eigenvalue weighted by Crippen LogP contribution is 2.09. The number of piperazine rings is 1. The summed E-state index contributed by atoms with van der Waals surface area (Å²) in [6, 6.07) is 11.2. The first-order valence-corrected chi connectivity index (χ1v) is 10.5. The number of hydrogen-bond acceptors (Lipinski definition) is 3. The van der Waals surface area contributed by atoms with Gasteiger partial charge in [-0.3, -0.25) is 9.89 Å². The van der Waals surface area contributed by atoms with E-state index in [1.165, 1.54) is 51.1 Å². The Morgan fingerprint density at radius 2 is 1.64 bits per heavy atom. The molecule has 0 aliphatic carbocycles. The van der Waals surface area contributed by atoms with Crippen LogP contribution < -0.4 is 10.6 Å². The van der Waals surface area contributed by atoms with E-state index in [9.17, 15) is 0 Å². The van der Waals surface area contributed by atoms with Crippen molar-refractivity contribution in [3.63, 3.8) is 0 Å². The molecule has 1 atom stereocenters. The van der Waals surface area contributed by atoms with Crippen molar-refractivity contribution >= 4 is 29.9 Å². The minimum absolute atomic E-state index is 0. The van der Waals surface area contributed by atoms with Gasteiger partial charge in [-0.05, 0) is 37.8 Å². The molecule has 1 heterocycles. The third-order valence-corrected chi connectivity index (χ3v) is 5.50. The van der Waals surface area contributed by atoms with Gasteiger partial charge in [0.25, 0.3) is 0 Å². The molecule has 1 aromatic rings. The summed E-state index contributed by atoms with van der Waals surface area (Å²) in [5.74, 6) is 1.52. The van der Waals surface area contributed by atoms with Crippen LogP contribution in [0.5, 0.6) is 0 Å². The number of nitrogens with one attached hydrogen (secondary N) is 2. The molecule has 1 aromatic carbocycles. The van der Waals surface area contributed by atoms with E-state index in [0.717, 1.165) is 19.0 Å². The Balaban J connectivity index is 0.00000392. The van der Waals surface area contributed by atoms with Crippen LogP contribution in [0.1, 0.15) is 39.2 Å². The highest BCUT2D eigenvalue weighted by atomic mass is 127. The van der Waals surface area contributed by atoms with Crippen LogP contribution in [0.2, 0.25) is 0 Å². The Morgan fingerprint density at radius 3 is 2.25 bits per heavy atom. The molecule has 6 heteroatoms. The quantitative estimate of drug-likeness (QED) is 0.236. The number of aliphatic imine (C=N–C) groups is 1. The zero-order chi connectivity index (χ0) is 19.5. The minimum atomic E-state index is 0. The topological polar surface area (TPSA) is 42.9 Å². The van der Waals surface area contributed by atoms with Gasteiger partial charge in [-0.25, -0.2) is 0 Å². The number of unbranched alkanes of at least 4 members (excludes halogenated alkanes) is 1. The second-order valence-electron chi connectivity index (χ2n) is 7.99. The van der Waals surface area contributed by atoms with Crippen molar-refractivity contribution in [1.29, 1.82) is 0 Å². The monoisotopic (exact) mass is 501 g/mol. The largest absolute Gasteiger partial charge is 0.356 e. The van der Waals surface area contributed by atoms with Gasteiger partial charge in [0.1, 0.15) is 0 Å². The van der Waals surface area contributed by atoms with Gasteiger partial charge in [-0.15, -0.1) is 24.0 Å². The van der Waals surface area contributed by atoms with E-state index in [-0.39, 0.29) is 24.0 Å². The van der Waals surface area contributed by atoms with E-state index >= 15 is 0 Å². The highest BCUT2D eigenvalue weighted by molar-refractivity contribution is 14.0. The molecule has 5 nitrogen and oxygen atoms in total. The van der Waals surface area contributed by atoms with Crippen LogP contribution in [0.3, 0.4) is 0 Å². The first-order chi connectivity index (χ1) is 13.1. The fourth-order valence-corrected chi connectivity index (χ4v) is 3.26. The molecule has 1 aliphatic rings. The number of nitrogens with zero attached hydrogens (tertiary/aromatic N) is 3. The van der Waals surface area contributed by atoms with Crippen LogP contribution in [0.25, 0.3) is 0 Å². The molecular formula is C22H40IN5. The summed E-state index contributed by atoms with van der Waals surface area (Å²) in [6.07, 6.45) is 2.42. The van der Waals surface area contributed by atoms with Crippen LogP contribution in [0, 0.1) is 5.92 Å². The Bertz CT molecular complexity index is 541. The van der Waals surface area contributed by atoms with Gasteiger partial charge in [0, 0.05) is 52.4 Å². The number of benzene rings is 1. The van der Waals surface area contributed by atoms with Crippen LogP contribution >= 0.6 is 24.0 Å². The molecule has 0 radical (unpaired) electrons. The molecule has 2 rings (SSSR count). The third kappa shape index (κ3) is 9.56. The van der Waals surface area contributed by atoms with E-state index in [1.807, 2.05) is 7.05 Å². The molecule has 1 aliphatic heterocycles. The van der Waals surface area contributed by atoms with Gasteiger partial charge in [-0.1, -0.05) is 44.2 Å². The molecular weight excluding hydrogens is 461 g/mol. The van der Waals surface area contributed by atoms with Gasteiger partial charge < -0.3 is 15.5 Å². The summed E-state index contributed by atoms with van der Waals surface area (Å²) in [7, 11) is 1.84. The molecule has 0 saturated carbocycles. The van der Waals surface area contributed by atoms with Gasteiger partial charge in [-0.2, -0.15) is 0 Å². The van der Waals surface area contributed by atoms with Crippen molar-refractivity contribution in [2.24, 2.45) is 10.9 Å². The summed E-state index contributed by atoms with van der Waals surface area (Å²) >= 11 is 0. The van der Waals surface area contributed by atoms with Crippen molar-refractivity contribution in [2.45, 2.75) is 46.2 Å². The average molecular weight is 502 g/mol. The smallest absolute Gasteiger partial charge is 0.191 e. The Kier molecular flexibility index (Phi) is 12.7. The molecule has 0 bridgehead atoms. The Hall–Kier alpha value is -0.860. The molecule has 1 unspecified atom stereocenters. The minimum Gasteiger partial charge on any atom is -0.356 e. The van der Waals surface area contributed by atoms with Gasteiger partial charge in [0.15, 0.2) is 5.96 Å². The van der Waals surface area contributed by atoms with Crippen molar-refractivity contribution < 1.29 is 0 Å². The van der Waals surface area contributed by atoms with Crippen LogP contribution in [0.15, 0.2) is 35.3 Å². The van der Waals surface area contributed by atoms with E-state index < -0.39 is 0 Å². The van der Waals surface area contributed by atoms with Crippen molar-refractivity contribution in [3.05, 3.63) is 35.9 Å². The molecule has 0 aromatic heterocycles. The summed E-state index contributed by atoms with van der Waals surface area (Å²) in [6.45, 7) is 14.7. The maximum Gasteiger partial charge on any atom is 0.191 e. The fourth-order valence-electron chi connectivity index (χ4n) is 3.26. The zero-order valence-corrected chi connectivity index (χ0v) is 20.5. The van der Waals surface area contributed by atoms with Crippen molar-refractivity contribution in [1.82, 2.24) is 20.4 Å². The second-order valence-corrected chi connectivity index (χ2v) is 7.99. The lowest BCUT2D eigenvalue weighted by Crippen LogP contribution is -2.46. The standard InChI is InChI=1S/C22H39N5.HI/c1-19(2)20(3)25-22(23-4)24-12-8-9-13-26-14-16-27(17-15-26)18-21-10-6-5-7-11-21;/h5-7,10-11,19-20H,8-9,12-18H2,1-4H3,(H2,23,24,25);1H. The average Bonchev–Trinajstić information content (AvgIpc) is 2.68. The Morgan fingerprint density at radius 1 is 1.00 bits per heavy atom. The van der Waals surface area contributed by atoms with E-state index in [2.05, 4.69) is 76.5 Å². The maximum absolute atomic E-state index is 4.32. The maximum atomic E-state index is 4.32. The molecule has 0 spiro atoms. The molecule has 160 valence electrons. The van der Waals surface area contributed by atoms with Gasteiger partial charge >= 0.3 is 0 Å². The van der Waals surface area contributed by atoms with Crippen LogP contribution in [0.4, 0.5) is 0 Å². The Labute approximate surface area is 189 Å². The van der Waals surface area contributed by atoms with Gasteiger partial charge in [0.05, 0.1) is 0 Å².